The number of rotatable bonds is 5. The van der Waals surface area contributed by atoms with E-state index in [1.165, 1.54) is 0 Å². The molecule has 1 N–H and O–H groups in total. The molecule has 0 bridgehead atoms. The number of imidazole rings is 1. The van der Waals surface area contributed by atoms with Crippen LogP contribution in [0, 0.1) is 0 Å². The summed E-state index contributed by atoms with van der Waals surface area (Å²) in [6.07, 6.45) is 1.96. The smallest absolute Gasteiger partial charge is 0.109 e. The summed E-state index contributed by atoms with van der Waals surface area (Å²) >= 11 is 6.24. The standard InChI is InChI=1S/C17H18ClN3/c1-21-16(20-15-10-5-9-14(18)17(15)21)11-6-12-19-13-7-3-2-4-8-13/h2-5,7-10,19H,6,11-12H2,1H3. The van der Waals surface area contributed by atoms with Crippen molar-refractivity contribution in [1.82, 2.24) is 9.55 Å². The minimum atomic E-state index is 0.760. The van der Waals surface area contributed by atoms with E-state index in [1.807, 2.05) is 43.4 Å². The van der Waals surface area contributed by atoms with Crippen LogP contribution in [0.3, 0.4) is 0 Å². The number of para-hydroxylation sites is 2. The number of hydrogen-bond acceptors (Lipinski definition) is 2. The summed E-state index contributed by atoms with van der Waals surface area (Å²) in [6.45, 7) is 0.931. The Balaban J connectivity index is 1.63. The van der Waals surface area contributed by atoms with Gasteiger partial charge in [-0.05, 0) is 30.7 Å². The predicted octanol–water partition coefficient (Wildman–Crippen LogP) is 4.27. The molecule has 0 radical (unpaired) electrons. The van der Waals surface area contributed by atoms with Crippen molar-refractivity contribution in [3.8, 4) is 0 Å². The Labute approximate surface area is 129 Å². The van der Waals surface area contributed by atoms with E-state index in [0.717, 1.165) is 47.0 Å². The second-order valence-corrected chi connectivity index (χ2v) is 5.50. The highest BCUT2D eigenvalue weighted by atomic mass is 35.5. The monoisotopic (exact) mass is 299 g/mol. The molecule has 0 aliphatic rings. The lowest BCUT2D eigenvalue weighted by Crippen LogP contribution is -2.05. The van der Waals surface area contributed by atoms with Gasteiger partial charge in [0.05, 0.1) is 16.1 Å². The molecule has 3 aromatic rings. The Morgan fingerprint density at radius 3 is 2.67 bits per heavy atom. The number of hydrogen-bond donors (Lipinski definition) is 1. The maximum atomic E-state index is 6.24. The maximum absolute atomic E-state index is 6.24. The maximum Gasteiger partial charge on any atom is 0.109 e. The van der Waals surface area contributed by atoms with E-state index in [4.69, 9.17) is 11.6 Å². The molecule has 0 atom stereocenters. The summed E-state index contributed by atoms with van der Waals surface area (Å²) in [5, 5.41) is 4.18. The first-order valence-electron chi connectivity index (χ1n) is 7.14. The molecule has 0 aliphatic heterocycles. The molecule has 0 unspecified atom stereocenters. The van der Waals surface area contributed by atoms with Crippen molar-refractivity contribution >= 4 is 28.3 Å². The summed E-state index contributed by atoms with van der Waals surface area (Å²) in [4.78, 5) is 4.67. The van der Waals surface area contributed by atoms with Gasteiger partial charge in [0.1, 0.15) is 5.82 Å². The van der Waals surface area contributed by atoms with E-state index in [-0.39, 0.29) is 0 Å². The number of benzene rings is 2. The number of anilines is 1. The topological polar surface area (TPSA) is 29.9 Å². The summed E-state index contributed by atoms with van der Waals surface area (Å²) in [5.74, 6) is 1.08. The fourth-order valence-electron chi connectivity index (χ4n) is 2.53. The SMILES string of the molecule is Cn1c(CCCNc2ccccc2)nc2cccc(Cl)c21. The Hall–Kier alpha value is -2.00. The Bertz CT molecular complexity index is 734. The highest BCUT2D eigenvalue weighted by Crippen LogP contribution is 2.23. The van der Waals surface area contributed by atoms with Crippen LogP contribution in [-0.4, -0.2) is 16.1 Å². The minimum Gasteiger partial charge on any atom is -0.385 e. The van der Waals surface area contributed by atoms with Gasteiger partial charge in [-0.2, -0.15) is 0 Å². The van der Waals surface area contributed by atoms with Crippen LogP contribution in [0.4, 0.5) is 5.69 Å². The fraction of sp³-hybridized carbons (Fsp3) is 0.235. The van der Waals surface area contributed by atoms with Crippen LogP contribution >= 0.6 is 11.6 Å². The second kappa shape index (κ2) is 6.19. The third-order valence-corrected chi connectivity index (χ3v) is 3.92. The molecule has 3 nitrogen and oxygen atoms in total. The molecule has 1 heterocycles. The van der Waals surface area contributed by atoms with Gasteiger partial charge in [-0.1, -0.05) is 35.9 Å². The van der Waals surface area contributed by atoms with Gasteiger partial charge in [-0.15, -0.1) is 0 Å². The zero-order valence-corrected chi connectivity index (χ0v) is 12.8. The molecule has 2 aromatic carbocycles. The fourth-order valence-corrected chi connectivity index (χ4v) is 2.82. The molecule has 0 saturated carbocycles. The van der Waals surface area contributed by atoms with Gasteiger partial charge in [0.25, 0.3) is 0 Å². The largest absolute Gasteiger partial charge is 0.385 e. The predicted molar refractivity (Wildman–Crippen MR) is 89.0 cm³/mol. The van der Waals surface area contributed by atoms with E-state index in [1.54, 1.807) is 0 Å². The number of aromatic nitrogens is 2. The third-order valence-electron chi connectivity index (χ3n) is 3.62. The summed E-state index contributed by atoms with van der Waals surface area (Å²) < 4.78 is 2.10. The Kier molecular flexibility index (Phi) is 4.11. The number of nitrogens with zero attached hydrogens (tertiary/aromatic N) is 2. The van der Waals surface area contributed by atoms with Crippen molar-refractivity contribution in [2.24, 2.45) is 7.05 Å². The van der Waals surface area contributed by atoms with Crippen LogP contribution in [0.5, 0.6) is 0 Å². The van der Waals surface area contributed by atoms with Crippen molar-refractivity contribution in [2.75, 3.05) is 11.9 Å². The van der Waals surface area contributed by atoms with E-state index in [0.29, 0.717) is 0 Å². The van der Waals surface area contributed by atoms with E-state index < -0.39 is 0 Å². The van der Waals surface area contributed by atoms with Crippen molar-refractivity contribution in [2.45, 2.75) is 12.8 Å². The van der Waals surface area contributed by atoms with Crippen LogP contribution in [0.25, 0.3) is 11.0 Å². The average Bonchev–Trinajstić information content (AvgIpc) is 2.83. The molecule has 0 fully saturated rings. The highest BCUT2D eigenvalue weighted by molar-refractivity contribution is 6.35. The van der Waals surface area contributed by atoms with Crippen molar-refractivity contribution in [3.63, 3.8) is 0 Å². The van der Waals surface area contributed by atoms with Crippen LogP contribution < -0.4 is 5.32 Å². The lowest BCUT2D eigenvalue weighted by molar-refractivity contribution is 0.753. The molecular formula is C17H18ClN3. The van der Waals surface area contributed by atoms with Crippen LogP contribution in [-0.2, 0) is 13.5 Å². The van der Waals surface area contributed by atoms with Crippen LogP contribution in [0.1, 0.15) is 12.2 Å². The molecular weight excluding hydrogens is 282 g/mol. The van der Waals surface area contributed by atoms with Gasteiger partial charge in [0, 0.05) is 25.7 Å². The summed E-state index contributed by atoms with van der Waals surface area (Å²) in [5.41, 5.74) is 3.15. The van der Waals surface area contributed by atoms with Gasteiger partial charge in [-0.25, -0.2) is 4.98 Å². The highest BCUT2D eigenvalue weighted by Gasteiger charge is 2.09. The third kappa shape index (κ3) is 3.03. The van der Waals surface area contributed by atoms with Gasteiger partial charge < -0.3 is 9.88 Å². The number of aryl methyl sites for hydroxylation is 2. The molecule has 21 heavy (non-hydrogen) atoms. The number of halogens is 1. The molecule has 0 aliphatic carbocycles. The van der Waals surface area contributed by atoms with Crippen molar-refractivity contribution in [3.05, 3.63) is 59.4 Å². The molecule has 108 valence electrons. The molecule has 0 saturated heterocycles. The molecule has 4 heteroatoms. The molecule has 3 rings (SSSR count). The van der Waals surface area contributed by atoms with E-state index in [9.17, 15) is 0 Å². The molecule has 0 spiro atoms. The van der Waals surface area contributed by atoms with Gasteiger partial charge >= 0.3 is 0 Å². The minimum absolute atomic E-state index is 0.760. The quantitative estimate of drug-likeness (QED) is 0.713. The van der Waals surface area contributed by atoms with E-state index >= 15 is 0 Å². The summed E-state index contributed by atoms with van der Waals surface area (Å²) in [6, 6.07) is 16.1. The van der Waals surface area contributed by atoms with Crippen LogP contribution in [0.2, 0.25) is 5.02 Å². The van der Waals surface area contributed by atoms with Gasteiger partial charge in [0.15, 0.2) is 0 Å². The number of nitrogens with one attached hydrogen (secondary N) is 1. The molecule has 0 amide bonds. The van der Waals surface area contributed by atoms with Crippen LogP contribution in [0.15, 0.2) is 48.5 Å². The first kappa shape index (κ1) is 14.0. The second-order valence-electron chi connectivity index (χ2n) is 5.09. The van der Waals surface area contributed by atoms with Crippen molar-refractivity contribution < 1.29 is 0 Å². The summed E-state index contributed by atoms with van der Waals surface area (Å²) in [7, 11) is 2.03. The Morgan fingerprint density at radius 2 is 1.90 bits per heavy atom. The lowest BCUT2D eigenvalue weighted by Gasteiger charge is -2.06. The zero-order chi connectivity index (χ0) is 14.7. The lowest BCUT2D eigenvalue weighted by atomic mass is 10.2. The first-order valence-corrected chi connectivity index (χ1v) is 7.52. The van der Waals surface area contributed by atoms with E-state index in [2.05, 4.69) is 27.0 Å². The zero-order valence-electron chi connectivity index (χ0n) is 12.0. The number of fused-ring (bicyclic) bond motifs is 1. The molecule has 1 aromatic heterocycles. The normalized spacial score (nSPS) is 11.0. The van der Waals surface area contributed by atoms with Gasteiger partial charge in [0.2, 0.25) is 0 Å². The van der Waals surface area contributed by atoms with Crippen molar-refractivity contribution in [1.29, 1.82) is 0 Å². The first-order chi connectivity index (χ1) is 10.3. The average molecular weight is 300 g/mol. The van der Waals surface area contributed by atoms with Gasteiger partial charge in [-0.3, -0.25) is 0 Å². The Morgan fingerprint density at radius 1 is 1.10 bits per heavy atom.